The van der Waals surface area contributed by atoms with Gasteiger partial charge in [-0.05, 0) is 37.5 Å². The Labute approximate surface area is 581 Å². The molecule has 3 N–H and O–H groups in total. The number of phosphoric ester groups is 2. The van der Waals surface area contributed by atoms with Gasteiger partial charge in [0, 0.05) is 25.7 Å². The van der Waals surface area contributed by atoms with E-state index >= 15 is 0 Å². The Morgan fingerprint density at radius 1 is 0.305 bits per heavy atom. The molecular formula is C76H148O17P2. The second-order valence-corrected chi connectivity index (χ2v) is 31.0. The Bertz CT molecular complexity index is 1840. The third kappa shape index (κ3) is 69.0. The molecule has 0 fully saturated rings. The molecule has 0 aromatic carbocycles. The van der Waals surface area contributed by atoms with Gasteiger partial charge in [-0.1, -0.05) is 343 Å². The van der Waals surface area contributed by atoms with E-state index < -0.39 is 97.5 Å². The van der Waals surface area contributed by atoms with E-state index in [1.165, 1.54) is 212 Å². The molecule has 0 aliphatic carbocycles. The molecule has 0 aromatic rings. The van der Waals surface area contributed by atoms with E-state index in [1.807, 2.05) is 0 Å². The number of aliphatic hydroxyl groups is 1. The molecule has 0 aromatic heterocycles. The molecule has 3 unspecified atom stereocenters. The maximum absolute atomic E-state index is 13.1. The molecule has 0 heterocycles. The van der Waals surface area contributed by atoms with Crippen molar-refractivity contribution in [2.45, 2.75) is 413 Å². The van der Waals surface area contributed by atoms with Crippen LogP contribution in [0.3, 0.4) is 0 Å². The van der Waals surface area contributed by atoms with Crippen LogP contribution in [0.2, 0.25) is 0 Å². The number of rotatable bonds is 75. The first-order valence-electron chi connectivity index (χ1n) is 39.5. The Hall–Kier alpha value is -1.94. The summed E-state index contributed by atoms with van der Waals surface area (Å²) < 4.78 is 68.5. The minimum atomic E-state index is -4.96. The molecule has 0 amide bonds. The van der Waals surface area contributed by atoms with Crippen molar-refractivity contribution in [1.82, 2.24) is 0 Å². The zero-order valence-corrected chi connectivity index (χ0v) is 63.8. The zero-order valence-electron chi connectivity index (χ0n) is 62.0. The zero-order chi connectivity index (χ0) is 70.0. The van der Waals surface area contributed by atoms with Gasteiger partial charge in [0.2, 0.25) is 0 Å². The second kappa shape index (κ2) is 67.9. The van der Waals surface area contributed by atoms with Crippen LogP contribution in [0.25, 0.3) is 0 Å². The quantitative estimate of drug-likeness (QED) is 0.0222. The van der Waals surface area contributed by atoms with E-state index in [0.29, 0.717) is 25.7 Å². The van der Waals surface area contributed by atoms with E-state index in [0.717, 1.165) is 102 Å². The molecule has 0 aliphatic heterocycles. The smallest absolute Gasteiger partial charge is 0.462 e. The van der Waals surface area contributed by atoms with Crippen molar-refractivity contribution < 1.29 is 80.2 Å². The molecule has 564 valence electrons. The monoisotopic (exact) mass is 1400 g/mol. The minimum absolute atomic E-state index is 0.108. The number of aliphatic hydroxyl groups excluding tert-OH is 1. The molecule has 17 nitrogen and oxygen atoms in total. The van der Waals surface area contributed by atoms with Gasteiger partial charge >= 0.3 is 39.5 Å². The summed E-state index contributed by atoms with van der Waals surface area (Å²) in [6, 6.07) is 0. The number of phosphoric acid groups is 2. The number of hydrogen-bond acceptors (Lipinski definition) is 15. The van der Waals surface area contributed by atoms with Gasteiger partial charge in [-0.3, -0.25) is 37.3 Å². The fourth-order valence-electron chi connectivity index (χ4n) is 11.6. The van der Waals surface area contributed by atoms with Crippen LogP contribution in [0.4, 0.5) is 0 Å². The van der Waals surface area contributed by atoms with Gasteiger partial charge in [0.25, 0.3) is 0 Å². The average Bonchev–Trinajstić information content (AvgIpc) is 2.39. The van der Waals surface area contributed by atoms with Crippen LogP contribution in [0.15, 0.2) is 0 Å². The first-order valence-corrected chi connectivity index (χ1v) is 42.5. The topological polar surface area (TPSA) is 237 Å². The lowest BCUT2D eigenvalue weighted by molar-refractivity contribution is -0.161. The highest BCUT2D eigenvalue weighted by Gasteiger charge is 2.30. The van der Waals surface area contributed by atoms with Crippen molar-refractivity contribution in [3.63, 3.8) is 0 Å². The van der Waals surface area contributed by atoms with Crippen molar-refractivity contribution in [2.24, 2.45) is 11.8 Å². The summed E-state index contributed by atoms with van der Waals surface area (Å²) in [5, 5.41) is 10.6. The normalized spacial score (nSPS) is 14.3. The van der Waals surface area contributed by atoms with Gasteiger partial charge in [-0.2, -0.15) is 0 Å². The highest BCUT2D eigenvalue weighted by atomic mass is 31.2. The van der Waals surface area contributed by atoms with Crippen LogP contribution in [-0.4, -0.2) is 96.7 Å². The van der Waals surface area contributed by atoms with Crippen LogP contribution in [0.1, 0.15) is 395 Å². The molecule has 0 radical (unpaired) electrons. The van der Waals surface area contributed by atoms with Crippen LogP contribution < -0.4 is 0 Å². The van der Waals surface area contributed by atoms with Crippen LogP contribution in [-0.2, 0) is 65.4 Å². The van der Waals surface area contributed by atoms with Gasteiger partial charge in [0.15, 0.2) is 12.2 Å². The summed E-state index contributed by atoms with van der Waals surface area (Å²) in [7, 11) is -9.91. The van der Waals surface area contributed by atoms with Gasteiger partial charge in [-0.15, -0.1) is 0 Å². The first kappa shape index (κ1) is 93.1. The van der Waals surface area contributed by atoms with Gasteiger partial charge in [0.1, 0.15) is 19.3 Å². The van der Waals surface area contributed by atoms with Crippen LogP contribution in [0.5, 0.6) is 0 Å². The Morgan fingerprint density at radius 2 is 0.537 bits per heavy atom. The molecule has 0 saturated carbocycles. The van der Waals surface area contributed by atoms with E-state index in [1.54, 1.807) is 0 Å². The molecule has 95 heavy (non-hydrogen) atoms. The number of unbranched alkanes of at least 4 members (excludes halogenated alkanes) is 44. The SMILES string of the molecule is CCCCCCCCCCCCCCCC(=O)O[C@H](COC(=O)CCCCCCCCCCC)COP(=O)(O)OC[C@H](O)COP(=O)(O)OC[C@@H](COC(=O)CCCCCCCCCCCCCCC(C)C)OC(=O)CCCCCCCCCCCCCCCCC(C)CC. The van der Waals surface area contributed by atoms with Crippen LogP contribution in [0, 0.1) is 11.8 Å². The molecule has 0 bridgehead atoms. The molecule has 0 rings (SSSR count). The Kier molecular flexibility index (Phi) is 66.5. The summed E-state index contributed by atoms with van der Waals surface area (Å²) in [4.78, 5) is 72.8. The molecular weight excluding hydrogens is 1250 g/mol. The fraction of sp³-hybridized carbons (Fsp3) is 0.947. The number of carbonyl (C=O) groups excluding carboxylic acids is 4. The minimum Gasteiger partial charge on any atom is -0.462 e. The maximum atomic E-state index is 13.1. The van der Waals surface area contributed by atoms with E-state index in [4.69, 9.17) is 37.0 Å². The lowest BCUT2D eigenvalue weighted by Gasteiger charge is -2.21. The highest BCUT2D eigenvalue weighted by molar-refractivity contribution is 7.47. The van der Waals surface area contributed by atoms with Crippen LogP contribution >= 0.6 is 15.6 Å². The van der Waals surface area contributed by atoms with Gasteiger partial charge in [0.05, 0.1) is 26.4 Å². The van der Waals surface area contributed by atoms with Crippen molar-refractivity contribution in [1.29, 1.82) is 0 Å². The third-order valence-corrected chi connectivity index (χ3v) is 20.0. The maximum Gasteiger partial charge on any atom is 0.472 e. The predicted molar refractivity (Wildman–Crippen MR) is 386 cm³/mol. The lowest BCUT2D eigenvalue weighted by Crippen LogP contribution is -2.30. The summed E-state index contributed by atoms with van der Waals surface area (Å²) in [5.74, 6) is -0.487. The largest absolute Gasteiger partial charge is 0.472 e. The van der Waals surface area contributed by atoms with Gasteiger partial charge in [-0.25, -0.2) is 9.13 Å². The number of carbonyl (C=O) groups is 4. The molecule has 19 heteroatoms. The van der Waals surface area contributed by atoms with Crippen molar-refractivity contribution in [3.05, 3.63) is 0 Å². The predicted octanol–water partition coefficient (Wildman–Crippen LogP) is 22.3. The fourth-order valence-corrected chi connectivity index (χ4v) is 13.2. The summed E-state index contributed by atoms with van der Waals surface area (Å²) in [5.41, 5.74) is 0. The summed E-state index contributed by atoms with van der Waals surface area (Å²) in [6.45, 7) is 9.65. The third-order valence-electron chi connectivity index (χ3n) is 18.1. The van der Waals surface area contributed by atoms with Crippen molar-refractivity contribution in [3.8, 4) is 0 Å². The van der Waals surface area contributed by atoms with Crippen molar-refractivity contribution in [2.75, 3.05) is 39.6 Å². The number of esters is 4. The van der Waals surface area contributed by atoms with E-state index in [2.05, 4.69) is 41.5 Å². The number of ether oxygens (including phenoxy) is 4. The van der Waals surface area contributed by atoms with Gasteiger partial charge < -0.3 is 33.8 Å². The molecule has 0 aliphatic rings. The summed E-state index contributed by atoms with van der Waals surface area (Å²) >= 11 is 0. The molecule has 0 spiro atoms. The average molecular weight is 1400 g/mol. The first-order chi connectivity index (χ1) is 45.9. The lowest BCUT2D eigenvalue weighted by atomic mass is 9.99. The summed E-state index contributed by atoms with van der Waals surface area (Å²) in [6.07, 6.45) is 55.3. The van der Waals surface area contributed by atoms with Crippen molar-refractivity contribution >= 4 is 39.5 Å². The van der Waals surface area contributed by atoms with E-state index in [-0.39, 0.29) is 25.7 Å². The standard InChI is InChI=1S/C76H148O17P2/c1-7-10-12-14-16-18-19-22-30-36-42-48-54-60-75(80)92-71(64-86-73(78)58-52-46-40-32-17-15-13-11-8-2)66-90-94(82,83)88-62-70(77)63-89-95(84,85)91-67-72(65-87-74(79)59-53-47-41-35-29-26-25-27-33-38-44-50-56-68(4)5)93-76(81)61-55-49-43-37-31-24-21-20-23-28-34-39-45-51-57-69(6)9-3/h68-72,77H,7-67H2,1-6H3,(H,82,83)(H,84,85)/t69?,70-,71+,72+/m0/s1. The molecule has 6 atom stereocenters. The van der Waals surface area contributed by atoms with E-state index in [9.17, 15) is 43.2 Å². The second-order valence-electron chi connectivity index (χ2n) is 28.1. The Balaban J connectivity index is 5.23. The molecule has 0 saturated heterocycles. The number of hydrogen-bond donors (Lipinski definition) is 3. The highest BCUT2D eigenvalue weighted by Crippen LogP contribution is 2.45. The Morgan fingerprint density at radius 3 is 0.800 bits per heavy atom.